The van der Waals surface area contributed by atoms with E-state index in [9.17, 15) is 18.5 Å². The molecule has 0 fully saturated rings. The summed E-state index contributed by atoms with van der Waals surface area (Å²) >= 11 is 0. The fourth-order valence-electron chi connectivity index (χ4n) is 5.24. The van der Waals surface area contributed by atoms with Crippen molar-refractivity contribution >= 4 is 15.8 Å². The predicted octanol–water partition coefficient (Wildman–Crippen LogP) is 3.64. The SMILES string of the molecule is C[C@@H]1C(=O)C(C#N)=C[C@]2(c3ccccc3)c3nn(S(=O)(=O)c4ccccc4)cc3CCC12. The van der Waals surface area contributed by atoms with Gasteiger partial charge in [-0.3, -0.25) is 4.79 Å². The fourth-order valence-corrected chi connectivity index (χ4v) is 6.41. The van der Waals surface area contributed by atoms with Gasteiger partial charge in [-0.05, 0) is 48.1 Å². The maximum atomic E-state index is 13.3. The number of rotatable bonds is 3. The van der Waals surface area contributed by atoms with Crippen molar-refractivity contribution < 1.29 is 13.2 Å². The minimum Gasteiger partial charge on any atom is -0.293 e. The highest BCUT2D eigenvalue weighted by atomic mass is 32.2. The molecule has 1 aromatic heterocycles. The van der Waals surface area contributed by atoms with Crippen molar-refractivity contribution in [2.45, 2.75) is 30.1 Å². The van der Waals surface area contributed by atoms with Gasteiger partial charge in [0.2, 0.25) is 0 Å². The van der Waals surface area contributed by atoms with E-state index in [2.05, 4.69) is 11.2 Å². The normalized spacial score (nSPS) is 24.8. The van der Waals surface area contributed by atoms with Crippen molar-refractivity contribution in [1.82, 2.24) is 9.19 Å². The molecule has 2 aliphatic rings. The van der Waals surface area contributed by atoms with E-state index in [1.807, 2.05) is 37.3 Å². The van der Waals surface area contributed by atoms with E-state index in [1.54, 1.807) is 42.6 Å². The zero-order valence-corrected chi connectivity index (χ0v) is 18.3. The second-order valence-corrected chi connectivity index (χ2v) is 10.2. The average molecular weight is 444 g/mol. The van der Waals surface area contributed by atoms with Crippen LogP contribution in [0.15, 0.2) is 83.4 Å². The van der Waals surface area contributed by atoms with Crippen molar-refractivity contribution in [1.29, 1.82) is 5.26 Å². The topological polar surface area (TPSA) is 92.8 Å². The third kappa shape index (κ3) is 2.80. The largest absolute Gasteiger partial charge is 0.293 e. The number of allylic oxidation sites excluding steroid dienone is 2. The summed E-state index contributed by atoms with van der Waals surface area (Å²) in [6, 6.07) is 19.9. The number of carbonyl (C=O) groups is 1. The molecule has 0 aliphatic heterocycles. The highest BCUT2D eigenvalue weighted by Gasteiger charge is 2.53. The molecular weight excluding hydrogens is 422 g/mol. The number of aromatic nitrogens is 2. The Morgan fingerprint density at radius 3 is 2.41 bits per heavy atom. The lowest BCUT2D eigenvalue weighted by Crippen LogP contribution is -2.48. The molecule has 0 radical (unpaired) electrons. The lowest BCUT2D eigenvalue weighted by atomic mass is 9.54. The second kappa shape index (κ2) is 7.28. The lowest BCUT2D eigenvalue weighted by molar-refractivity contribution is -0.121. The Bertz CT molecular complexity index is 1390. The molecule has 2 aromatic carbocycles. The number of hydrogen-bond acceptors (Lipinski definition) is 5. The van der Waals surface area contributed by atoms with Gasteiger partial charge in [0.15, 0.2) is 5.78 Å². The molecule has 0 bridgehead atoms. The van der Waals surface area contributed by atoms with Crippen LogP contribution in [0.25, 0.3) is 0 Å². The highest BCUT2D eigenvalue weighted by molar-refractivity contribution is 7.89. The average Bonchev–Trinajstić information content (AvgIpc) is 3.28. The van der Waals surface area contributed by atoms with Gasteiger partial charge in [0.1, 0.15) is 6.07 Å². The van der Waals surface area contributed by atoms with E-state index in [1.165, 1.54) is 0 Å². The summed E-state index contributed by atoms with van der Waals surface area (Å²) in [5.41, 5.74) is 1.59. The number of nitriles is 1. The Hall–Kier alpha value is -3.50. The monoisotopic (exact) mass is 443 g/mol. The third-order valence-corrected chi connectivity index (χ3v) is 8.33. The second-order valence-electron chi connectivity index (χ2n) is 8.40. The summed E-state index contributed by atoms with van der Waals surface area (Å²) < 4.78 is 27.6. The van der Waals surface area contributed by atoms with Crippen molar-refractivity contribution in [3.63, 3.8) is 0 Å². The molecule has 6 nitrogen and oxygen atoms in total. The number of nitrogens with zero attached hydrogens (tertiary/aromatic N) is 3. The zero-order valence-electron chi connectivity index (χ0n) is 17.5. The molecule has 5 rings (SSSR count). The summed E-state index contributed by atoms with van der Waals surface area (Å²) in [6.07, 6.45) is 4.62. The van der Waals surface area contributed by atoms with Gasteiger partial charge in [0.25, 0.3) is 10.0 Å². The van der Waals surface area contributed by atoms with Crippen LogP contribution in [0.4, 0.5) is 0 Å². The van der Waals surface area contributed by atoms with E-state index in [0.29, 0.717) is 18.5 Å². The van der Waals surface area contributed by atoms with Gasteiger partial charge in [0.05, 0.1) is 21.6 Å². The zero-order chi connectivity index (χ0) is 22.5. The van der Waals surface area contributed by atoms with Crippen molar-refractivity contribution in [2.75, 3.05) is 0 Å². The predicted molar refractivity (Wildman–Crippen MR) is 118 cm³/mol. The molecule has 0 spiro atoms. The Morgan fingerprint density at radius 2 is 1.75 bits per heavy atom. The summed E-state index contributed by atoms with van der Waals surface area (Å²) in [5, 5.41) is 14.3. The van der Waals surface area contributed by atoms with Crippen LogP contribution in [0, 0.1) is 23.2 Å². The maximum Gasteiger partial charge on any atom is 0.282 e. The van der Waals surface area contributed by atoms with Gasteiger partial charge in [-0.25, -0.2) is 0 Å². The molecular formula is C25H21N3O3S. The quantitative estimate of drug-likeness (QED) is 0.616. The Kier molecular flexibility index (Phi) is 4.64. The number of benzene rings is 2. The van der Waals surface area contributed by atoms with Gasteiger partial charge in [-0.1, -0.05) is 55.5 Å². The van der Waals surface area contributed by atoms with E-state index in [4.69, 9.17) is 0 Å². The van der Waals surface area contributed by atoms with E-state index >= 15 is 0 Å². The number of aryl methyl sites for hydroxylation is 1. The summed E-state index contributed by atoms with van der Waals surface area (Å²) in [4.78, 5) is 13.0. The summed E-state index contributed by atoms with van der Waals surface area (Å²) in [5.74, 6) is -0.660. The van der Waals surface area contributed by atoms with Crippen LogP contribution in [-0.2, 0) is 26.7 Å². The number of fused-ring (bicyclic) bond motifs is 3. The van der Waals surface area contributed by atoms with Gasteiger partial charge in [0, 0.05) is 12.1 Å². The summed E-state index contributed by atoms with van der Waals surface area (Å²) in [7, 11) is -3.87. The number of hydrogen-bond donors (Lipinski definition) is 0. The molecule has 0 saturated heterocycles. The standard InChI is InChI=1S/C25H21N3O3S/c1-17-22-13-12-18-16-28(32(30,31)21-10-6-3-7-11-21)27-24(18)25(22,14-19(15-26)23(17)29)20-8-4-2-5-9-20/h2-11,14,16-17,22H,12-13H2,1H3/t17-,22?,25+/m0/s1. The van der Waals surface area contributed by atoms with Crippen molar-refractivity contribution in [3.05, 3.63) is 95.3 Å². The van der Waals surface area contributed by atoms with E-state index in [0.717, 1.165) is 15.2 Å². The lowest BCUT2D eigenvalue weighted by Gasteiger charge is -2.46. The number of Topliss-reactive ketones (excluding diaryl/α,β-unsaturated/α-hetero) is 1. The summed E-state index contributed by atoms with van der Waals surface area (Å²) in [6.45, 7) is 1.86. The third-order valence-electron chi connectivity index (χ3n) is 6.78. The molecule has 3 atom stereocenters. The van der Waals surface area contributed by atoms with Crippen LogP contribution >= 0.6 is 0 Å². The molecule has 0 N–H and O–H groups in total. The van der Waals surface area contributed by atoms with Gasteiger partial charge >= 0.3 is 0 Å². The van der Waals surface area contributed by atoms with E-state index in [-0.39, 0.29) is 28.1 Å². The molecule has 1 unspecified atom stereocenters. The van der Waals surface area contributed by atoms with Crippen LogP contribution in [0.1, 0.15) is 30.2 Å². The Morgan fingerprint density at radius 1 is 1.09 bits per heavy atom. The minimum atomic E-state index is -3.87. The molecule has 0 saturated carbocycles. The first kappa shape index (κ1) is 20.4. The fraction of sp³-hybridized carbons (Fsp3) is 0.240. The van der Waals surface area contributed by atoms with E-state index < -0.39 is 15.4 Å². The van der Waals surface area contributed by atoms with Crippen LogP contribution < -0.4 is 0 Å². The molecule has 7 heteroatoms. The first-order valence-electron chi connectivity index (χ1n) is 10.5. The maximum absolute atomic E-state index is 13.3. The van der Waals surface area contributed by atoms with Gasteiger partial charge < -0.3 is 0 Å². The molecule has 3 aromatic rings. The smallest absolute Gasteiger partial charge is 0.282 e. The van der Waals surface area contributed by atoms with Gasteiger partial charge in [-0.2, -0.15) is 22.9 Å². The first-order chi connectivity index (χ1) is 15.4. The number of ketones is 1. The number of carbonyl (C=O) groups excluding carboxylic acids is 1. The van der Waals surface area contributed by atoms with Crippen LogP contribution in [0.2, 0.25) is 0 Å². The van der Waals surface area contributed by atoms with Crippen molar-refractivity contribution in [3.8, 4) is 6.07 Å². The first-order valence-corrected chi connectivity index (χ1v) is 12.0. The van der Waals surface area contributed by atoms with Crippen LogP contribution in [0.3, 0.4) is 0 Å². The van der Waals surface area contributed by atoms with Crippen LogP contribution in [0.5, 0.6) is 0 Å². The minimum absolute atomic E-state index is 0.103. The van der Waals surface area contributed by atoms with Crippen LogP contribution in [-0.4, -0.2) is 23.4 Å². The molecule has 160 valence electrons. The molecule has 32 heavy (non-hydrogen) atoms. The highest BCUT2D eigenvalue weighted by Crippen LogP contribution is 2.53. The molecule has 1 heterocycles. The Labute approximate surface area is 186 Å². The molecule has 0 amide bonds. The van der Waals surface area contributed by atoms with Crippen molar-refractivity contribution in [2.24, 2.45) is 11.8 Å². The Balaban J connectivity index is 1.79. The molecule has 2 aliphatic carbocycles. The van der Waals surface area contributed by atoms with Gasteiger partial charge in [-0.15, -0.1) is 0 Å².